The van der Waals surface area contributed by atoms with Gasteiger partial charge in [-0.1, -0.05) is 96.1 Å². The lowest BCUT2D eigenvalue weighted by molar-refractivity contribution is -0.199. The first-order chi connectivity index (χ1) is 26.1. The predicted octanol–water partition coefficient (Wildman–Crippen LogP) is 5.65. The van der Waals surface area contributed by atoms with Gasteiger partial charge >= 0.3 is 19.3 Å². The summed E-state index contributed by atoms with van der Waals surface area (Å²) in [5.74, 6) is -0.356. The molecule has 3 aliphatic heterocycles. The summed E-state index contributed by atoms with van der Waals surface area (Å²) in [6.07, 6.45) is 1.38. The number of likely N-dealkylation sites (tertiary alicyclic amines) is 1. The normalized spacial score (nSPS) is 28.9. The van der Waals surface area contributed by atoms with Crippen LogP contribution in [0.2, 0.25) is 0 Å². The van der Waals surface area contributed by atoms with E-state index in [0.29, 0.717) is 37.8 Å². The average molecular weight is 757 g/mol. The molecule has 55 heavy (non-hydrogen) atoms. The van der Waals surface area contributed by atoms with Crippen molar-refractivity contribution in [3.8, 4) is 0 Å². The number of benzene rings is 2. The molecule has 2 aromatic carbocycles. The molecule has 5 fully saturated rings. The van der Waals surface area contributed by atoms with Gasteiger partial charge in [-0.25, -0.2) is 9.59 Å². The van der Waals surface area contributed by atoms with Crippen LogP contribution in [0, 0.1) is 22.7 Å². The van der Waals surface area contributed by atoms with Gasteiger partial charge in [0.1, 0.15) is 24.8 Å². The zero-order valence-electron chi connectivity index (χ0n) is 33.3. The van der Waals surface area contributed by atoms with Crippen LogP contribution in [0.3, 0.4) is 0 Å². The second-order valence-corrected chi connectivity index (χ2v) is 18.1. The summed E-state index contributed by atoms with van der Waals surface area (Å²) in [5.41, 5.74) is 2.07. The van der Waals surface area contributed by atoms with Crippen LogP contribution in [0.1, 0.15) is 90.8 Å². The maximum Gasteiger partial charge on any atom is 0.481 e. The van der Waals surface area contributed by atoms with E-state index in [2.05, 4.69) is 37.5 Å². The second kappa shape index (κ2) is 15.1. The van der Waals surface area contributed by atoms with E-state index in [0.717, 1.165) is 24.0 Å². The molecule has 6 aliphatic rings. The zero-order valence-corrected chi connectivity index (χ0v) is 33.3. The molecule has 8 rings (SSSR count). The molecule has 2 aromatic rings. The highest BCUT2D eigenvalue weighted by atomic mass is 16.7. The van der Waals surface area contributed by atoms with Crippen molar-refractivity contribution in [1.29, 1.82) is 0 Å². The van der Waals surface area contributed by atoms with Gasteiger partial charge in [-0.05, 0) is 72.0 Å². The largest absolute Gasteiger partial charge is 0.481 e. The number of rotatable bonds is 9. The molecule has 3 heterocycles. The number of alkyl carbamates (subject to hydrolysis) is 1. The van der Waals surface area contributed by atoms with Gasteiger partial charge < -0.3 is 39.2 Å². The van der Waals surface area contributed by atoms with Crippen molar-refractivity contribution >= 4 is 31.1 Å². The van der Waals surface area contributed by atoms with Crippen molar-refractivity contribution in [2.45, 2.75) is 130 Å². The van der Waals surface area contributed by atoms with Crippen LogP contribution in [0.5, 0.6) is 0 Å². The van der Waals surface area contributed by atoms with Gasteiger partial charge in [0.25, 0.3) is 0 Å². The summed E-state index contributed by atoms with van der Waals surface area (Å²) >= 11 is 0. The van der Waals surface area contributed by atoms with Gasteiger partial charge in [-0.2, -0.15) is 0 Å². The van der Waals surface area contributed by atoms with Crippen LogP contribution in [0.25, 0.3) is 0 Å². The van der Waals surface area contributed by atoms with E-state index in [1.165, 1.54) is 10.5 Å². The molecule has 0 aromatic heterocycles. The molecule has 2 saturated heterocycles. The Labute approximate surface area is 325 Å². The minimum atomic E-state index is -1.04. The first kappa shape index (κ1) is 39.2. The molecule has 4 amide bonds. The lowest BCUT2D eigenvalue weighted by Crippen LogP contribution is -2.65. The van der Waals surface area contributed by atoms with Crippen LogP contribution in [-0.4, -0.2) is 89.8 Å². The highest BCUT2D eigenvalue weighted by molar-refractivity contribution is 6.47. The Hall–Kier alpha value is -4.10. The van der Waals surface area contributed by atoms with Crippen LogP contribution < -0.4 is 10.6 Å². The summed E-state index contributed by atoms with van der Waals surface area (Å²) in [5, 5.41) is 5.95. The molecule has 3 aliphatic carbocycles. The van der Waals surface area contributed by atoms with E-state index < -0.39 is 60.4 Å². The van der Waals surface area contributed by atoms with Crippen molar-refractivity contribution in [1.82, 2.24) is 20.4 Å². The maximum absolute atomic E-state index is 14.6. The van der Waals surface area contributed by atoms with Crippen molar-refractivity contribution in [2.75, 3.05) is 13.1 Å². The predicted molar refractivity (Wildman–Crippen MR) is 206 cm³/mol. The number of hydrogen-bond acceptors (Lipinski definition) is 8. The Bertz CT molecular complexity index is 1770. The summed E-state index contributed by atoms with van der Waals surface area (Å²) in [6, 6.07) is 15.3. The molecule has 13 heteroatoms. The number of carbonyl (C=O) groups excluding carboxylic acids is 4. The molecule has 2 bridgehead atoms. The molecular weight excluding hydrogens is 699 g/mol. The van der Waals surface area contributed by atoms with E-state index >= 15 is 0 Å². The summed E-state index contributed by atoms with van der Waals surface area (Å²) < 4.78 is 24.8. The molecule has 3 saturated carbocycles. The number of amides is 4. The molecule has 12 nitrogen and oxygen atoms in total. The van der Waals surface area contributed by atoms with Crippen LogP contribution >= 0.6 is 0 Å². The smallest absolute Gasteiger partial charge is 0.445 e. The minimum Gasteiger partial charge on any atom is -0.445 e. The molecular formula is C42H57BN4O8. The number of ether oxygens (including phenoxy) is 2. The minimum absolute atomic E-state index is 0.00801. The Kier molecular flexibility index (Phi) is 10.7. The van der Waals surface area contributed by atoms with Gasteiger partial charge in [0.05, 0.1) is 24.2 Å². The second-order valence-electron chi connectivity index (χ2n) is 18.1. The fraction of sp³-hybridized carbons (Fsp3) is 0.619. The van der Waals surface area contributed by atoms with Crippen molar-refractivity contribution in [3.05, 3.63) is 71.3 Å². The zero-order chi connectivity index (χ0) is 39.3. The van der Waals surface area contributed by atoms with Crippen molar-refractivity contribution in [2.24, 2.45) is 22.7 Å². The first-order valence-electron chi connectivity index (χ1n) is 20.0. The molecule has 0 spiro atoms. The van der Waals surface area contributed by atoms with E-state index in [1.54, 1.807) is 4.90 Å². The standard InChI is InChI=1S/C42H57BN4O8/c1-8-34(43-54-33-21-29-20-32(41(29,5)6)42(33,7)55-43)44-36(48)31-22-30(53-39(51)46-19-18-27-16-12-13-17-28(27)23-46)24-47(31)37(49)35(40(2,3)4)45-38(50)52-25-26-14-10-9-11-15-26/h9-17,29-35H,8,18-25H2,1-7H3,(H,44,48)(H,45,50)/t29-,30-,31+,32-,33-,34+,35-,42+/m1/s1. The molecule has 8 atom stereocenters. The number of fused-ring (bicyclic) bond motifs is 1. The Balaban J connectivity index is 1.07. The SMILES string of the molecule is CC[C@H](NC(=O)[C@@H]1C[C@@H](OC(=O)N2CCc3ccccc3C2)CN1C(=O)[C@@H](NC(=O)OCc1ccccc1)C(C)(C)C)B1O[C@@H]2C[C@H]3C[C@H](C3(C)C)[C@]2(C)O1. The van der Waals surface area contributed by atoms with Gasteiger partial charge in [0.15, 0.2) is 0 Å². The third kappa shape index (κ3) is 7.71. The number of nitrogens with zero attached hydrogens (tertiary/aromatic N) is 2. The van der Waals surface area contributed by atoms with Crippen molar-refractivity contribution in [3.63, 3.8) is 0 Å². The van der Waals surface area contributed by atoms with Crippen LogP contribution in [0.15, 0.2) is 54.6 Å². The van der Waals surface area contributed by atoms with E-state index in [-0.39, 0.29) is 37.0 Å². The monoisotopic (exact) mass is 756 g/mol. The number of carbonyl (C=O) groups is 4. The van der Waals surface area contributed by atoms with E-state index in [4.69, 9.17) is 18.8 Å². The fourth-order valence-corrected chi connectivity index (χ4v) is 9.65. The highest BCUT2D eigenvalue weighted by Gasteiger charge is 2.68. The Morgan fingerprint density at radius 2 is 1.67 bits per heavy atom. The maximum atomic E-state index is 14.6. The average Bonchev–Trinajstić information content (AvgIpc) is 3.75. The Morgan fingerprint density at radius 3 is 2.36 bits per heavy atom. The van der Waals surface area contributed by atoms with Crippen molar-refractivity contribution < 1.29 is 38.0 Å². The summed E-state index contributed by atoms with van der Waals surface area (Å²) in [4.78, 5) is 58.8. The summed E-state index contributed by atoms with van der Waals surface area (Å²) in [7, 11) is -0.636. The molecule has 0 radical (unpaired) electrons. The van der Waals surface area contributed by atoms with Gasteiger partial charge in [0, 0.05) is 19.5 Å². The third-order valence-electron chi connectivity index (χ3n) is 13.2. The summed E-state index contributed by atoms with van der Waals surface area (Å²) in [6.45, 7) is 15.2. The quantitative estimate of drug-likeness (QED) is 0.314. The lowest BCUT2D eigenvalue weighted by atomic mass is 9.43. The number of hydrogen-bond donors (Lipinski definition) is 2. The fourth-order valence-electron chi connectivity index (χ4n) is 9.65. The lowest BCUT2D eigenvalue weighted by Gasteiger charge is -2.64. The number of nitrogens with one attached hydrogen (secondary N) is 2. The first-order valence-corrected chi connectivity index (χ1v) is 20.0. The molecule has 0 unspecified atom stereocenters. The highest BCUT2D eigenvalue weighted by Crippen LogP contribution is 2.65. The third-order valence-corrected chi connectivity index (χ3v) is 13.2. The van der Waals surface area contributed by atoms with Crippen LogP contribution in [0.4, 0.5) is 9.59 Å². The van der Waals surface area contributed by atoms with E-state index in [1.807, 2.05) is 76.2 Å². The van der Waals surface area contributed by atoms with E-state index in [9.17, 15) is 19.2 Å². The molecule has 2 N–H and O–H groups in total. The van der Waals surface area contributed by atoms with Gasteiger partial charge in [-0.15, -0.1) is 0 Å². The Morgan fingerprint density at radius 1 is 0.964 bits per heavy atom. The molecule has 296 valence electrons. The van der Waals surface area contributed by atoms with Gasteiger partial charge in [-0.3, -0.25) is 9.59 Å². The van der Waals surface area contributed by atoms with Gasteiger partial charge in [0.2, 0.25) is 11.8 Å². The van der Waals surface area contributed by atoms with Crippen LogP contribution in [-0.2, 0) is 47.9 Å². The topological polar surface area (TPSA) is 136 Å².